The fourth-order valence-corrected chi connectivity index (χ4v) is 5.26. The van der Waals surface area contributed by atoms with Gasteiger partial charge in [0.05, 0.1) is 17.0 Å². The molecule has 1 aliphatic rings. The quantitative estimate of drug-likeness (QED) is 0.674. The SMILES string of the molecule is NNC(c1ccc2ccccc2c1)C1CCCCS1(=O)=O. The lowest BCUT2D eigenvalue weighted by Crippen LogP contribution is -2.43. The molecule has 2 aromatic rings. The number of hydrazine groups is 1. The average Bonchev–Trinajstić information content (AvgIpc) is 2.49. The second kappa shape index (κ2) is 5.75. The fourth-order valence-electron chi connectivity index (χ4n) is 3.17. The van der Waals surface area contributed by atoms with Gasteiger partial charge in [0.1, 0.15) is 0 Å². The van der Waals surface area contributed by atoms with Gasteiger partial charge in [-0.1, -0.05) is 42.8 Å². The van der Waals surface area contributed by atoms with E-state index in [1.54, 1.807) is 0 Å². The summed E-state index contributed by atoms with van der Waals surface area (Å²) in [6.45, 7) is 0. The Balaban J connectivity index is 2.01. The maximum absolute atomic E-state index is 12.3. The van der Waals surface area contributed by atoms with E-state index in [1.807, 2.05) is 42.5 Å². The van der Waals surface area contributed by atoms with Crippen molar-refractivity contribution in [3.63, 3.8) is 0 Å². The molecule has 2 atom stereocenters. The van der Waals surface area contributed by atoms with E-state index < -0.39 is 15.1 Å². The Hall–Kier alpha value is -1.43. The number of fused-ring (bicyclic) bond motifs is 1. The number of hydrogen-bond donors (Lipinski definition) is 2. The van der Waals surface area contributed by atoms with Crippen LogP contribution in [-0.4, -0.2) is 19.4 Å². The topological polar surface area (TPSA) is 72.2 Å². The third-order valence-corrected chi connectivity index (χ3v) is 6.60. The molecule has 5 heteroatoms. The van der Waals surface area contributed by atoms with Crippen molar-refractivity contribution in [1.29, 1.82) is 0 Å². The van der Waals surface area contributed by atoms with Gasteiger partial charge >= 0.3 is 0 Å². The molecule has 0 aliphatic carbocycles. The van der Waals surface area contributed by atoms with E-state index >= 15 is 0 Å². The van der Waals surface area contributed by atoms with Gasteiger partial charge in [-0.05, 0) is 35.2 Å². The molecule has 2 unspecified atom stereocenters. The first-order valence-electron chi connectivity index (χ1n) is 7.28. The minimum absolute atomic E-state index is 0.267. The van der Waals surface area contributed by atoms with Crippen LogP contribution in [-0.2, 0) is 9.84 Å². The normalized spacial score (nSPS) is 23.0. The first-order chi connectivity index (χ1) is 10.1. The van der Waals surface area contributed by atoms with Crippen LogP contribution in [0.3, 0.4) is 0 Å². The Bertz CT molecular complexity index is 743. The van der Waals surface area contributed by atoms with E-state index in [2.05, 4.69) is 5.43 Å². The highest BCUT2D eigenvalue weighted by Crippen LogP contribution is 2.31. The van der Waals surface area contributed by atoms with Gasteiger partial charge in [-0.25, -0.2) is 8.42 Å². The van der Waals surface area contributed by atoms with E-state index in [0.29, 0.717) is 6.42 Å². The first kappa shape index (κ1) is 14.5. The molecule has 1 fully saturated rings. The molecule has 0 bridgehead atoms. The first-order valence-corrected chi connectivity index (χ1v) is 9.00. The van der Waals surface area contributed by atoms with Crippen molar-refractivity contribution in [2.45, 2.75) is 30.6 Å². The lowest BCUT2D eigenvalue weighted by Gasteiger charge is -2.30. The zero-order valence-corrected chi connectivity index (χ0v) is 12.6. The number of sulfone groups is 1. The highest BCUT2D eigenvalue weighted by atomic mass is 32.2. The summed E-state index contributed by atoms with van der Waals surface area (Å²) >= 11 is 0. The van der Waals surface area contributed by atoms with Gasteiger partial charge in [0.25, 0.3) is 0 Å². The molecular formula is C16H20N2O2S. The van der Waals surface area contributed by atoms with Gasteiger partial charge in [-0.15, -0.1) is 0 Å². The molecule has 1 saturated heterocycles. The minimum atomic E-state index is -3.08. The highest BCUT2D eigenvalue weighted by molar-refractivity contribution is 7.92. The maximum Gasteiger partial charge on any atom is 0.155 e. The highest BCUT2D eigenvalue weighted by Gasteiger charge is 2.35. The Morgan fingerprint density at radius 1 is 1.10 bits per heavy atom. The minimum Gasteiger partial charge on any atom is -0.271 e. The zero-order chi connectivity index (χ0) is 14.9. The lowest BCUT2D eigenvalue weighted by molar-refractivity contribution is 0.454. The monoisotopic (exact) mass is 304 g/mol. The summed E-state index contributed by atoms with van der Waals surface area (Å²) in [7, 11) is -3.08. The van der Waals surface area contributed by atoms with Crippen molar-refractivity contribution in [3.05, 3.63) is 48.0 Å². The molecule has 1 aliphatic heterocycles. The number of rotatable bonds is 3. The van der Waals surface area contributed by atoms with Crippen LogP contribution >= 0.6 is 0 Å². The number of nitrogens with two attached hydrogens (primary N) is 1. The van der Waals surface area contributed by atoms with E-state index in [9.17, 15) is 8.42 Å². The fraction of sp³-hybridized carbons (Fsp3) is 0.375. The van der Waals surface area contributed by atoms with Crippen molar-refractivity contribution < 1.29 is 8.42 Å². The zero-order valence-electron chi connectivity index (χ0n) is 11.8. The van der Waals surface area contributed by atoms with Crippen LogP contribution in [0.2, 0.25) is 0 Å². The molecule has 112 valence electrons. The third kappa shape index (κ3) is 2.81. The second-order valence-corrected chi connectivity index (χ2v) is 7.99. The van der Waals surface area contributed by atoms with Crippen LogP contribution in [0.5, 0.6) is 0 Å². The van der Waals surface area contributed by atoms with E-state index in [1.165, 1.54) is 0 Å². The average molecular weight is 304 g/mol. The van der Waals surface area contributed by atoms with Crippen molar-refractivity contribution >= 4 is 20.6 Å². The summed E-state index contributed by atoms with van der Waals surface area (Å²) < 4.78 is 24.6. The molecule has 21 heavy (non-hydrogen) atoms. The van der Waals surface area contributed by atoms with Gasteiger partial charge in [0.2, 0.25) is 0 Å². The van der Waals surface area contributed by atoms with Crippen LogP contribution < -0.4 is 11.3 Å². The lowest BCUT2D eigenvalue weighted by atomic mass is 9.97. The van der Waals surface area contributed by atoms with Crippen molar-refractivity contribution in [3.8, 4) is 0 Å². The molecule has 0 saturated carbocycles. The van der Waals surface area contributed by atoms with Crippen molar-refractivity contribution in [1.82, 2.24) is 5.43 Å². The van der Waals surface area contributed by atoms with Crippen LogP contribution in [0, 0.1) is 0 Å². The summed E-state index contributed by atoms with van der Waals surface area (Å²) in [5.74, 6) is 5.95. The van der Waals surface area contributed by atoms with Crippen LogP contribution in [0.15, 0.2) is 42.5 Å². The van der Waals surface area contributed by atoms with Gasteiger partial charge in [0, 0.05) is 0 Å². The van der Waals surface area contributed by atoms with E-state index in [-0.39, 0.29) is 11.8 Å². The maximum atomic E-state index is 12.3. The predicted molar refractivity (Wildman–Crippen MR) is 85.4 cm³/mol. The summed E-state index contributed by atoms with van der Waals surface area (Å²) in [5.41, 5.74) is 3.67. The summed E-state index contributed by atoms with van der Waals surface area (Å²) in [6, 6.07) is 13.7. The number of benzene rings is 2. The number of nitrogens with one attached hydrogen (secondary N) is 1. The Morgan fingerprint density at radius 2 is 1.86 bits per heavy atom. The Kier molecular flexibility index (Phi) is 3.97. The van der Waals surface area contributed by atoms with Gasteiger partial charge in [0.15, 0.2) is 9.84 Å². The molecule has 2 aromatic carbocycles. The molecule has 0 spiro atoms. The van der Waals surface area contributed by atoms with Crippen LogP contribution in [0.1, 0.15) is 30.9 Å². The smallest absolute Gasteiger partial charge is 0.155 e. The molecule has 3 N–H and O–H groups in total. The van der Waals surface area contributed by atoms with Gasteiger partial charge in [-0.3, -0.25) is 11.3 Å². The molecule has 0 radical (unpaired) electrons. The van der Waals surface area contributed by atoms with Crippen molar-refractivity contribution in [2.24, 2.45) is 5.84 Å². The van der Waals surface area contributed by atoms with Crippen LogP contribution in [0.25, 0.3) is 10.8 Å². The van der Waals surface area contributed by atoms with E-state index in [0.717, 1.165) is 29.2 Å². The molecule has 0 aromatic heterocycles. The largest absolute Gasteiger partial charge is 0.271 e. The summed E-state index contributed by atoms with van der Waals surface area (Å²) in [6.07, 6.45) is 2.37. The second-order valence-electron chi connectivity index (χ2n) is 5.65. The summed E-state index contributed by atoms with van der Waals surface area (Å²) in [4.78, 5) is 0. The molecule has 4 nitrogen and oxygen atoms in total. The van der Waals surface area contributed by atoms with Crippen LogP contribution in [0.4, 0.5) is 0 Å². The van der Waals surface area contributed by atoms with Gasteiger partial charge in [-0.2, -0.15) is 0 Å². The molecule has 1 heterocycles. The van der Waals surface area contributed by atoms with Gasteiger partial charge < -0.3 is 0 Å². The number of hydrogen-bond acceptors (Lipinski definition) is 4. The molecule has 0 amide bonds. The predicted octanol–water partition coefficient (Wildman–Crippen LogP) is 2.31. The van der Waals surface area contributed by atoms with Crippen molar-refractivity contribution in [2.75, 3.05) is 5.75 Å². The standard InChI is InChI=1S/C16H20N2O2S/c17-18-16(15-7-3-4-10-21(15,19)20)14-9-8-12-5-1-2-6-13(12)11-14/h1-2,5-6,8-9,11,15-16,18H,3-4,7,10,17H2. The molecular weight excluding hydrogens is 284 g/mol. The Morgan fingerprint density at radius 3 is 2.57 bits per heavy atom. The molecule has 3 rings (SSSR count). The third-order valence-electron chi connectivity index (χ3n) is 4.31. The Labute approximate surface area is 125 Å². The summed E-state index contributed by atoms with van der Waals surface area (Å²) in [5, 5.41) is 1.81. The van der Waals surface area contributed by atoms with E-state index in [4.69, 9.17) is 5.84 Å².